The molecule has 0 atom stereocenters. The number of ether oxygens (including phenoxy) is 4. The topological polar surface area (TPSA) is 57.2 Å². The van der Waals surface area contributed by atoms with Crippen LogP contribution in [0.4, 0.5) is 0 Å². The van der Waals surface area contributed by atoms with Gasteiger partial charge in [0.25, 0.3) is 0 Å². The molecule has 1 aliphatic heterocycles. The van der Waals surface area contributed by atoms with E-state index in [-0.39, 0.29) is 5.78 Å². The summed E-state index contributed by atoms with van der Waals surface area (Å²) in [6.07, 6.45) is 3.88. The fraction of sp³-hybridized carbons (Fsp3) is 0.370. The molecule has 1 heterocycles. The minimum Gasteiger partial charge on any atom is -0.496 e. The van der Waals surface area contributed by atoms with Gasteiger partial charge in [-0.25, -0.2) is 0 Å². The number of piperidine rings is 1. The van der Waals surface area contributed by atoms with E-state index in [4.69, 9.17) is 18.9 Å². The molecule has 1 saturated heterocycles. The molecule has 0 bridgehead atoms. The van der Waals surface area contributed by atoms with Crippen molar-refractivity contribution in [3.63, 3.8) is 0 Å². The summed E-state index contributed by atoms with van der Waals surface area (Å²) >= 11 is 0. The second kappa shape index (κ2) is 10.6. The number of carbonyl (C=O) groups excluding carboxylic acids is 1. The van der Waals surface area contributed by atoms with E-state index in [9.17, 15) is 4.79 Å². The normalized spacial score (nSPS) is 16.9. The van der Waals surface area contributed by atoms with Gasteiger partial charge >= 0.3 is 0 Å². The Kier molecular flexibility index (Phi) is 7.82. The number of nitrogens with zero attached hydrogens (tertiary/aromatic N) is 1. The van der Waals surface area contributed by atoms with Gasteiger partial charge in [0.1, 0.15) is 11.5 Å². The predicted octanol–water partition coefficient (Wildman–Crippen LogP) is 4.71. The van der Waals surface area contributed by atoms with E-state index in [1.54, 1.807) is 28.4 Å². The number of methoxy groups -OCH3 is 4. The molecule has 3 rings (SSSR count). The van der Waals surface area contributed by atoms with E-state index >= 15 is 0 Å². The Morgan fingerprint density at radius 2 is 1.27 bits per heavy atom. The van der Waals surface area contributed by atoms with Crippen LogP contribution in [0.2, 0.25) is 0 Å². The second-order valence-corrected chi connectivity index (χ2v) is 8.10. The minimum atomic E-state index is 0.0469. The van der Waals surface area contributed by atoms with Gasteiger partial charge in [-0.1, -0.05) is 6.92 Å². The molecule has 1 aliphatic rings. The molecule has 0 amide bonds. The van der Waals surface area contributed by atoms with Gasteiger partial charge in [0.05, 0.1) is 28.4 Å². The molecule has 0 spiro atoms. The average molecular weight is 452 g/mol. The van der Waals surface area contributed by atoms with E-state index in [1.807, 2.05) is 50.3 Å². The fourth-order valence-electron chi connectivity index (χ4n) is 4.19. The Morgan fingerprint density at radius 3 is 1.73 bits per heavy atom. The number of benzene rings is 2. The molecular weight excluding hydrogens is 418 g/mol. The van der Waals surface area contributed by atoms with E-state index in [0.717, 1.165) is 51.4 Å². The Bertz CT molecular complexity index is 1070. The van der Waals surface area contributed by atoms with Crippen LogP contribution >= 0.6 is 0 Å². The van der Waals surface area contributed by atoms with Crippen LogP contribution < -0.4 is 18.9 Å². The van der Waals surface area contributed by atoms with Crippen molar-refractivity contribution in [3.8, 4) is 23.0 Å². The third kappa shape index (κ3) is 5.22. The van der Waals surface area contributed by atoms with Gasteiger partial charge in [0.15, 0.2) is 17.3 Å². The lowest BCUT2D eigenvalue weighted by molar-refractivity contribution is -0.113. The lowest BCUT2D eigenvalue weighted by Gasteiger charge is -2.28. The number of ketones is 1. The molecule has 0 radical (unpaired) electrons. The minimum absolute atomic E-state index is 0.0469. The summed E-state index contributed by atoms with van der Waals surface area (Å²) in [6, 6.07) is 7.77. The zero-order valence-electron chi connectivity index (χ0n) is 20.6. The molecule has 2 aromatic rings. The highest BCUT2D eigenvalue weighted by atomic mass is 16.5. The Hall–Kier alpha value is -3.25. The molecule has 33 heavy (non-hydrogen) atoms. The summed E-state index contributed by atoms with van der Waals surface area (Å²) in [4.78, 5) is 15.7. The number of Topliss-reactive ketones (excluding diaryl/α,β-unsaturated/α-hetero) is 1. The first-order valence-corrected chi connectivity index (χ1v) is 11.0. The molecule has 6 heteroatoms. The molecule has 2 aromatic carbocycles. The average Bonchev–Trinajstić information content (AvgIpc) is 2.81. The number of likely N-dealkylation sites (tertiary alicyclic amines) is 1. The van der Waals surface area contributed by atoms with Gasteiger partial charge in [0.2, 0.25) is 0 Å². The van der Waals surface area contributed by atoms with Crippen LogP contribution in [0.15, 0.2) is 35.4 Å². The summed E-state index contributed by atoms with van der Waals surface area (Å²) in [7, 11) is 6.51. The van der Waals surface area contributed by atoms with Crippen LogP contribution in [0, 0.1) is 13.8 Å². The maximum Gasteiger partial charge on any atom is 0.187 e. The van der Waals surface area contributed by atoms with Gasteiger partial charge < -0.3 is 18.9 Å². The van der Waals surface area contributed by atoms with Crippen LogP contribution in [-0.2, 0) is 4.79 Å². The highest BCUT2D eigenvalue weighted by Crippen LogP contribution is 2.34. The van der Waals surface area contributed by atoms with Crippen LogP contribution in [0.3, 0.4) is 0 Å². The molecule has 176 valence electrons. The third-order valence-electron chi connectivity index (χ3n) is 5.96. The first kappa shape index (κ1) is 24.4. The van der Waals surface area contributed by atoms with E-state index in [2.05, 4.69) is 11.8 Å². The Balaban J connectivity index is 2.04. The molecule has 1 fully saturated rings. The quantitative estimate of drug-likeness (QED) is 0.569. The number of aryl methyl sites for hydroxylation is 1. The van der Waals surface area contributed by atoms with Gasteiger partial charge in [-0.2, -0.15) is 0 Å². The molecule has 6 nitrogen and oxygen atoms in total. The highest BCUT2D eigenvalue weighted by Gasteiger charge is 2.25. The van der Waals surface area contributed by atoms with Crippen molar-refractivity contribution in [3.05, 3.63) is 57.7 Å². The highest BCUT2D eigenvalue weighted by molar-refractivity contribution is 6.14. The van der Waals surface area contributed by atoms with Crippen LogP contribution in [0.1, 0.15) is 29.2 Å². The Morgan fingerprint density at radius 1 is 0.788 bits per heavy atom. The second-order valence-electron chi connectivity index (χ2n) is 8.10. The third-order valence-corrected chi connectivity index (χ3v) is 5.96. The molecule has 0 saturated carbocycles. The molecule has 0 unspecified atom stereocenters. The van der Waals surface area contributed by atoms with Crippen molar-refractivity contribution in [2.24, 2.45) is 0 Å². The lowest BCUT2D eigenvalue weighted by Crippen LogP contribution is -2.37. The maximum absolute atomic E-state index is 13.5. The lowest BCUT2D eigenvalue weighted by atomic mass is 9.93. The van der Waals surface area contributed by atoms with Gasteiger partial charge in [0, 0.05) is 29.8 Å². The summed E-state index contributed by atoms with van der Waals surface area (Å²) in [5.74, 6) is 2.86. The van der Waals surface area contributed by atoms with Crippen molar-refractivity contribution < 1.29 is 23.7 Å². The van der Waals surface area contributed by atoms with Crippen LogP contribution in [0.5, 0.6) is 23.0 Å². The molecular formula is C27H33NO5. The van der Waals surface area contributed by atoms with Gasteiger partial charge in [-0.05, 0) is 73.5 Å². The first-order valence-electron chi connectivity index (χ1n) is 11.0. The van der Waals surface area contributed by atoms with Crippen molar-refractivity contribution in [1.82, 2.24) is 4.90 Å². The van der Waals surface area contributed by atoms with Crippen molar-refractivity contribution in [2.75, 3.05) is 48.1 Å². The SMILES string of the molecule is CCN1C/C(=C\c2cc(OC)c(C)c(OC)c2)C(=O)/C(=C/c2cc(C)c(OC)c(OC)c2)C1. The van der Waals surface area contributed by atoms with Gasteiger partial charge in [-0.15, -0.1) is 0 Å². The van der Waals surface area contributed by atoms with Crippen LogP contribution in [-0.4, -0.2) is 58.8 Å². The number of rotatable bonds is 7. The van der Waals surface area contributed by atoms with Crippen molar-refractivity contribution >= 4 is 17.9 Å². The summed E-state index contributed by atoms with van der Waals surface area (Å²) in [5.41, 5.74) is 5.14. The summed E-state index contributed by atoms with van der Waals surface area (Å²) < 4.78 is 21.9. The van der Waals surface area contributed by atoms with E-state index in [0.29, 0.717) is 24.6 Å². The van der Waals surface area contributed by atoms with Crippen LogP contribution in [0.25, 0.3) is 12.2 Å². The van der Waals surface area contributed by atoms with Crippen molar-refractivity contribution in [1.29, 1.82) is 0 Å². The summed E-state index contributed by atoms with van der Waals surface area (Å²) in [6.45, 7) is 8.05. The fourth-order valence-corrected chi connectivity index (χ4v) is 4.19. The molecule has 0 aromatic heterocycles. The largest absolute Gasteiger partial charge is 0.496 e. The zero-order chi connectivity index (χ0) is 24.1. The van der Waals surface area contributed by atoms with Gasteiger partial charge in [-0.3, -0.25) is 9.69 Å². The first-order chi connectivity index (χ1) is 15.8. The zero-order valence-corrected chi connectivity index (χ0v) is 20.6. The number of hydrogen-bond donors (Lipinski definition) is 0. The Labute approximate surface area is 196 Å². The number of carbonyl (C=O) groups is 1. The standard InChI is InChI=1S/C27H33NO5/c1-8-28-15-21(10-19-9-17(2)27(33-7)25(14-19)32-6)26(29)22(16-28)11-20-12-23(30-4)18(3)24(13-20)31-5/h9-14H,8,15-16H2,1-7H3/b21-10+,22-11+. The number of likely N-dealkylation sites (N-methyl/N-ethyl adjacent to an activating group) is 1. The molecule has 0 N–H and O–H groups in total. The van der Waals surface area contributed by atoms with Crippen molar-refractivity contribution in [2.45, 2.75) is 20.8 Å². The maximum atomic E-state index is 13.5. The smallest absolute Gasteiger partial charge is 0.187 e. The number of hydrogen-bond acceptors (Lipinski definition) is 6. The van der Waals surface area contributed by atoms with E-state index < -0.39 is 0 Å². The molecule has 0 aliphatic carbocycles. The van der Waals surface area contributed by atoms with E-state index in [1.165, 1.54) is 0 Å². The summed E-state index contributed by atoms with van der Waals surface area (Å²) in [5, 5.41) is 0. The monoisotopic (exact) mass is 451 g/mol. The predicted molar refractivity (Wildman–Crippen MR) is 132 cm³/mol.